The van der Waals surface area contributed by atoms with Crippen LogP contribution in [0, 0.1) is 0 Å². The molecule has 0 aliphatic carbocycles. The molecule has 0 aromatic carbocycles. The fourth-order valence-electron chi connectivity index (χ4n) is 0.627. The topological polar surface area (TPSA) is 24.4 Å². The smallest absolute Gasteiger partial charge is 0.142 e. The highest BCUT2D eigenvalue weighted by Crippen LogP contribution is 2.05. The molecule has 0 saturated carbocycles. The first-order chi connectivity index (χ1) is 5.79. The van der Waals surface area contributed by atoms with Gasteiger partial charge in [-0.25, -0.2) is 4.99 Å². The van der Waals surface area contributed by atoms with Gasteiger partial charge in [-0.15, -0.1) is 0 Å². The molecule has 0 unspecified atom stereocenters. The Hall–Kier alpha value is -0.960. The van der Waals surface area contributed by atoms with Crippen molar-refractivity contribution in [2.45, 2.75) is 13.3 Å². The number of allylic oxidation sites excluding steroid dienone is 3. The summed E-state index contributed by atoms with van der Waals surface area (Å²) >= 11 is 3.92. The van der Waals surface area contributed by atoms with Gasteiger partial charge in [0.2, 0.25) is 0 Å². The third kappa shape index (κ3) is 3.44. The summed E-state index contributed by atoms with van der Waals surface area (Å²) in [4.78, 5) is 4.13. The monoisotopic (exact) mass is 182 g/mol. The van der Waals surface area contributed by atoms with Crippen molar-refractivity contribution in [1.29, 1.82) is 0 Å². The van der Waals surface area contributed by atoms with Crippen LogP contribution in [0.25, 0.3) is 0 Å². The number of nitrogens with one attached hydrogen (secondary N) is 1. The Bertz CT molecular complexity index is 207. The van der Waals surface area contributed by atoms with E-state index in [1.807, 2.05) is 6.92 Å². The summed E-state index contributed by atoms with van der Waals surface area (Å²) in [5.41, 5.74) is 0.842. The van der Waals surface area contributed by atoms with Gasteiger partial charge in [0, 0.05) is 11.8 Å². The minimum absolute atomic E-state index is 0.671. The van der Waals surface area contributed by atoms with Crippen LogP contribution in [0.4, 0.5) is 0 Å². The average Bonchev–Trinajstić information content (AvgIpc) is 2.12. The van der Waals surface area contributed by atoms with Gasteiger partial charge in [-0.05, 0) is 6.42 Å². The number of rotatable bonds is 5. The van der Waals surface area contributed by atoms with Crippen LogP contribution in [0.2, 0.25) is 0 Å². The van der Waals surface area contributed by atoms with Gasteiger partial charge in [-0.1, -0.05) is 45.0 Å². The summed E-state index contributed by atoms with van der Waals surface area (Å²) in [6, 6.07) is 0. The second-order valence-electron chi connectivity index (χ2n) is 2.04. The molecule has 0 spiro atoms. The van der Waals surface area contributed by atoms with Crippen LogP contribution in [0.1, 0.15) is 13.3 Å². The van der Waals surface area contributed by atoms with Gasteiger partial charge in [-0.3, -0.25) is 0 Å². The van der Waals surface area contributed by atoms with E-state index in [4.69, 9.17) is 0 Å². The lowest BCUT2D eigenvalue weighted by atomic mass is 10.2. The van der Waals surface area contributed by atoms with E-state index < -0.39 is 0 Å². The van der Waals surface area contributed by atoms with E-state index >= 15 is 0 Å². The van der Waals surface area contributed by atoms with E-state index in [1.165, 1.54) is 0 Å². The van der Waals surface area contributed by atoms with Crippen molar-refractivity contribution in [3.8, 4) is 0 Å². The lowest BCUT2D eigenvalue weighted by Gasteiger charge is -2.01. The fraction of sp³-hybridized carbons (Fsp3) is 0.222. The minimum Gasteiger partial charge on any atom is -0.317 e. The summed E-state index contributed by atoms with van der Waals surface area (Å²) < 4.78 is 2.67. The van der Waals surface area contributed by atoms with Gasteiger partial charge in [-0.2, -0.15) is 0 Å². The SMILES string of the molecule is C=CC(C=C)=C(/N=C\CC)NS. The highest BCUT2D eigenvalue weighted by molar-refractivity contribution is 7.78. The van der Waals surface area contributed by atoms with E-state index in [1.54, 1.807) is 18.4 Å². The summed E-state index contributed by atoms with van der Waals surface area (Å²) in [7, 11) is 0. The summed E-state index contributed by atoms with van der Waals surface area (Å²) in [5, 5.41) is 0. The molecule has 0 bridgehead atoms. The molecule has 0 aromatic rings. The first kappa shape index (κ1) is 11.0. The van der Waals surface area contributed by atoms with Crippen molar-refractivity contribution in [2.24, 2.45) is 4.99 Å². The molecule has 3 heteroatoms. The molecule has 0 aliphatic rings. The standard InChI is InChI=1S/C9H14N2S/c1-4-7-10-9(11-12)8(5-2)6-3/h5-7,11-12H,2-4H2,1H3/b10-7-. The van der Waals surface area contributed by atoms with Crippen molar-refractivity contribution < 1.29 is 0 Å². The second kappa shape index (κ2) is 6.73. The van der Waals surface area contributed by atoms with Crippen molar-refractivity contribution in [3.05, 3.63) is 36.7 Å². The average molecular weight is 182 g/mol. The molecular weight excluding hydrogens is 168 g/mol. The zero-order chi connectivity index (χ0) is 9.40. The molecule has 0 amide bonds. The molecule has 0 atom stereocenters. The molecule has 1 N–H and O–H groups in total. The number of aliphatic imine (C=N–C) groups is 1. The molecular formula is C9H14N2S. The Kier molecular flexibility index (Phi) is 6.19. The maximum absolute atomic E-state index is 4.13. The maximum atomic E-state index is 4.13. The zero-order valence-corrected chi connectivity index (χ0v) is 8.14. The van der Waals surface area contributed by atoms with Gasteiger partial charge in [0.1, 0.15) is 5.82 Å². The lowest BCUT2D eigenvalue weighted by Crippen LogP contribution is -1.99. The van der Waals surface area contributed by atoms with Crippen molar-refractivity contribution >= 4 is 19.0 Å². The normalized spacial score (nSPS) is 9.50. The third-order valence-electron chi connectivity index (χ3n) is 1.22. The Balaban J connectivity index is 4.68. The van der Waals surface area contributed by atoms with E-state index in [2.05, 4.69) is 35.7 Å². The fourth-order valence-corrected chi connectivity index (χ4v) is 0.814. The van der Waals surface area contributed by atoms with Gasteiger partial charge in [0.05, 0.1) is 0 Å². The quantitative estimate of drug-likeness (QED) is 0.381. The molecule has 66 valence electrons. The number of thiol groups is 1. The van der Waals surface area contributed by atoms with Gasteiger partial charge < -0.3 is 4.72 Å². The first-order valence-corrected chi connectivity index (χ1v) is 4.16. The highest BCUT2D eigenvalue weighted by Gasteiger charge is 1.94. The predicted octanol–water partition coefficient (Wildman–Crippen LogP) is 2.49. The molecule has 12 heavy (non-hydrogen) atoms. The number of hydrogen-bond acceptors (Lipinski definition) is 3. The second-order valence-corrected chi connectivity index (χ2v) is 2.27. The molecule has 0 radical (unpaired) electrons. The minimum atomic E-state index is 0.671. The zero-order valence-electron chi connectivity index (χ0n) is 7.25. The number of hydrogen-bond donors (Lipinski definition) is 2. The van der Waals surface area contributed by atoms with Crippen molar-refractivity contribution in [2.75, 3.05) is 0 Å². The summed E-state index contributed by atoms with van der Waals surface area (Å²) in [6.45, 7) is 9.28. The van der Waals surface area contributed by atoms with Crippen LogP contribution in [-0.2, 0) is 0 Å². The molecule has 0 rings (SSSR count). The van der Waals surface area contributed by atoms with Crippen molar-refractivity contribution in [1.82, 2.24) is 4.72 Å². The Morgan fingerprint density at radius 2 is 2.08 bits per heavy atom. The van der Waals surface area contributed by atoms with Crippen molar-refractivity contribution in [3.63, 3.8) is 0 Å². The highest BCUT2D eigenvalue weighted by atomic mass is 32.1. The molecule has 0 saturated heterocycles. The Morgan fingerprint density at radius 3 is 2.42 bits per heavy atom. The van der Waals surface area contributed by atoms with Crippen LogP contribution >= 0.6 is 12.8 Å². The van der Waals surface area contributed by atoms with E-state index in [0.717, 1.165) is 12.0 Å². The van der Waals surface area contributed by atoms with Gasteiger partial charge in [0.15, 0.2) is 0 Å². The molecule has 2 nitrogen and oxygen atoms in total. The lowest BCUT2D eigenvalue weighted by molar-refractivity contribution is 1.13. The van der Waals surface area contributed by atoms with Crippen LogP contribution in [0.5, 0.6) is 0 Å². The van der Waals surface area contributed by atoms with E-state index in [-0.39, 0.29) is 0 Å². The van der Waals surface area contributed by atoms with E-state index in [9.17, 15) is 0 Å². The van der Waals surface area contributed by atoms with Crippen LogP contribution < -0.4 is 4.72 Å². The largest absolute Gasteiger partial charge is 0.317 e. The van der Waals surface area contributed by atoms with Crippen LogP contribution in [0.3, 0.4) is 0 Å². The first-order valence-electron chi connectivity index (χ1n) is 3.71. The maximum Gasteiger partial charge on any atom is 0.142 e. The van der Waals surface area contributed by atoms with Crippen LogP contribution in [-0.4, -0.2) is 6.21 Å². The molecule has 0 aromatic heterocycles. The number of nitrogens with zero attached hydrogens (tertiary/aromatic N) is 1. The van der Waals surface area contributed by atoms with Gasteiger partial charge in [0.25, 0.3) is 0 Å². The van der Waals surface area contributed by atoms with E-state index in [0.29, 0.717) is 5.82 Å². The molecule has 0 fully saturated rings. The third-order valence-corrected chi connectivity index (χ3v) is 1.43. The predicted molar refractivity (Wildman–Crippen MR) is 58.3 cm³/mol. The summed E-state index contributed by atoms with van der Waals surface area (Å²) in [5.74, 6) is 0.671. The Morgan fingerprint density at radius 1 is 1.50 bits per heavy atom. The Labute approximate surface area is 79.3 Å². The van der Waals surface area contributed by atoms with Crippen LogP contribution in [0.15, 0.2) is 41.7 Å². The van der Waals surface area contributed by atoms with Gasteiger partial charge >= 0.3 is 0 Å². The summed E-state index contributed by atoms with van der Waals surface area (Å²) in [6.07, 6.45) is 6.04. The molecule has 0 aliphatic heterocycles. The molecule has 0 heterocycles.